The summed E-state index contributed by atoms with van der Waals surface area (Å²) in [4.78, 5) is 0. The molecule has 0 unspecified atom stereocenters. The fourth-order valence-corrected chi connectivity index (χ4v) is 1.53. The monoisotopic (exact) mass is 212 g/mol. The Morgan fingerprint density at radius 2 is 1.79 bits per heavy atom. The Morgan fingerprint density at radius 1 is 1.21 bits per heavy atom. The van der Waals surface area contributed by atoms with Crippen molar-refractivity contribution in [1.29, 1.82) is 0 Å². The van der Waals surface area contributed by atoms with E-state index in [1.54, 1.807) is 0 Å². The lowest BCUT2D eigenvalue weighted by molar-refractivity contribution is 0.865. The van der Waals surface area contributed by atoms with Gasteiger partial charge in [0.1, 0.15) is 0 Å². The molecule has 0 spiro atoms. The molecule has 0 saturated heterocycles. The Hall–Kier alpha value is -0.490. The molecule has 0 heterocycles. The van der Waals surface area contributed by atoms with Gasteiger partial charge in [0, 0.05) is 5.02 Å². The fraction of sp³-hybridized carbons (Fsp3) is 0.538. The van der Waals surface area contributed by atoms with E-state index >= 15 is 0 Å². The van der Waals surface area contributed by atoms with Crippen molar-refractivity contribution in [3.05, 3.63) is 34.3 Å². The summed E-state index contributed by atoms with van der Waals surface area (Å²) < 4.78 is 0. The topological polar surface area (TPSA) is 0 Å². The third kappa shape index (κ3) is 3.71. The lowest BCUT2D eigenvalue weighted by Gasteiger charge is -2.07. The van der Waals surface area contributed by atoms with Crippen LogP contribution in [0.5, 0.6) is 0 Å². The average molecular weight is 213 g/mol. The highest BCUT2D eigenvalue weighted by Crippen LogP contribution is 2.22. The highest BCUT2D eigenvalue weighted by Gasteiger charge is 2.02. The standard InChI is InChI=1S/C11H15Cl.C2H6/c1-4-9-5-6-10(8(2)3)7-11(9)12;1-2/h5-8H,4H2,1-3H3;1-2H3. The Kier molecular flexibility index (Phi) is 6.65. The van der Waals surface area contributed by atoms with Crippen molar-refractivity contribution in [1.82, 2.24) is 0 Å². The van der Waals surface area contributed by atoms with Gasteiger partial charge in [0.15, 0.2) is 0 Å². The molecule has 0 atom stereocenters. The predicted octanol–water partition coefficient (Wildman–Crippen LogP) is 5.05. The van der Waals surface area contributed by atoms with Crippen LogP contribution in [0.2, 0.25) is 5.02 Å². The highest BCUT2D eigenvalue weighted by molar-refractivity contribution is 6.31. The third-order valence-corrected chi connectivity index (χ3v) is 2.48. The summed E-state index contributed by atoms with van der Waals surface area (Å²) in [5, 5.41) is 0.906. The Balaban J connectivity index is 0.000000791. The summed E-state index contributed by atoms with van der Waals surface area (Å²) in [6.45, 7) is 10.5. The second-order valence-corrected chi connectivity index (χ2v) is 3.77. The van der Waals surface area contributed by atoms with Crippen molar-refractivity contribution in [3.63, 3.8) is 0 Å². The van der Waals surface area contributed by atoms with Gasteiger partial charge in [-0.15, -0.1) is 0 Å². The van der Waals surface area contributed by atoms with Gasteiger partial charge in [-0.2, -0.15) is 0 Å². The van der Waals surface area contributed by atoms with E-state index in [2.05, 4.69) is 39.0 Å². The van der Waals surface area contributed by atoms with Gasteiger partial charge in [-0.25, -0.2) is 0 Å². The van der Waals surface area contributed by atoms with Crippen molar-refractivity contribution >= 4 is 11.6 Å². The summed E-state index contributed by atoms with van der Waals surface area (Å²) in [6.07, 6.45) is 1.01. The van der Waals surface area contributed by atoms with Gasteiger partial charge in [-0.1, -0.05) is 58.4 Å². The van der Waals surface area contributed by atoms with Crippen LogP contribution in [0.1, 0.15) is 51.7 Å². The third-order valence-electron chi connectivity index (χ3n) is 2.12. The minimum atomic E-state index is 0.563. The SMILES string of the molecule is CC.CCc1ccc(C(C)C)cc1Cl. The first-order chi connectivity index (χ1) is 6.65. The maximum atomic E-state index is 6.07. The first-order valence-electron chi connectivity index (χ1n) is 5.43. The lowest BCUT2D eigenvalue weighted by Crippen LogP contribution is -1.89. The second-order valence-electron chi connectivity index (χ2n) is 3.36. The molecule has 0 aliphatic carbocycles. The summed E-state index contributed by atoms with van der Waals surface area (Å²) in [5.74, 6) is 0.563. The molecular weight excluding hydrogens is 192 g/mol. The van der Waals surface area contributed by atoms with Crippen molar-refractivity contribution < 1.29 is 0 Å². The molecule has 1 aromatic rings. The molecule has 14 heavy (non-hydrogen) atoms. The van der Waals surface area contributed by atoms with Crippen molar-refractivity contribution in [2.45, 2.75) is 47.0 Å². The highest BCUT2D eigenvalue weighted by atomic mass is 35.5. The van der Waals surface area contributed by atoms with Crippen LogP contribution < -0.4 is 0 Å². The van der Waals surface area contributed by atoms with E-state index in [1.807, 2.05) is 13.8 Å². The normalized spacial score (nSPS) is 9.64. The first kappa shape index (κ1) is 13.5. The van der Waals surface area contributed by atoms with Crippen LogP contribution in [0, 0.1) is 0 Å². The maximum Gasteiger partial charge on any atom is 0.0440 e. The summed E-state index contributed by atoms with van der Waals surface area (Å²) in [6, 6.07) is 6.36. The van der Waals surface area contributed by atoms with Gasteiger partial charge in [0.25, 0.3) is 0 Å². The number of benzene rings is 1. The zero-order valence-corrected chi connectivity index (χ0v) is 10.7. The van der Waals surface area contributed by atoms with Gasteiger partial charge < -0.3 is 0 Å². The minimum Gasteiger partial charge on any atom is -0.0840 e. The van der Waals surface area contributed by atoms with Gasteiger partial charge in [-0.05, 0) is 29.5 Å². The molecule has 0 aromatic heterocycles. The van der Waals surface area contributed by atoms with Crippen LogP contribution in [-0.4, -0.2) is 0 Å². The molecule has 1 rings (SSSR count). The quantitative estimate of drug-likeness (QED) is 0.644. The number of aryl methyl sites for hydroxylation is 1. The molecule has 1 heteroatoms. The molecule has 0 amide bonds. The van der Waals surface area contributed by atoms with Crippen molar-refractivity contribution in [2.24, 2.45) is 0 Å². The van der Waals surface area contributed by atoms with Crippen molar-refractivity contribution in [3.8, 4) is 0 Å². The molecule has 0 N–H and O–H groups in total. The molecule has 1 aromatic carbocycles. The maximum absolute atomic E-state index is 6.07. The first-order valence-corrected chi connectivity index (χ1v) is 5.81. The predicted molar refractivity (Wildman–Crippen MR) is 66.3 cm³/mol. The molecular formula is C13H21Cl. The Bertz CT molecular complexity index is 264. The van der Waals surface area contributed by atoms with E-state index in [1.165, 1.54) is 11.1 Å². The summed E-state index contributed by atoms with van der Waals surface area (Å²) in [7, 11) is 0. The van der Waals surface area contributed by atoms with Crippen LogP contribution in [0.3, 0.4) is 0 Å². The minimum absolute atomic E-state index is 0.563. The van der Waals surface area contributed by atoms with Crippen LogP contribution >= 0.6 is 11.6 Å². The molecule has 0 aliphatic heterocycles. The van der Waals surface area contributed by atoms with Crippen LogP contribution in [-0.2, 0) is 6.42 Å². The zero-order valence-electron chi connectivity index (χ0n) is 9.89. The van der Waals surface area contributed by atoms with Gasteiger partial charge in [0.05, 0.1) is 0 Å². The number of halogens is 1. The van der Waals surface area contributed by atoms with Crippen LogP contribution in [0.15, 0.2) is 18.2 Å². The van der Waals surface area contributed by atoms with Gasteiger partial charge in [0.2, 0.25) is 0 Å². The second kappa shape index (κ2) is 6.89. The fourth-order valence-electron chi connectivity index (χ4n) is 1.21. The van der Waals surface area contributed by atoms with Gasteiger partial charge in [-0.3, -0.25) is 0 Å². The molecule has 0 nitrogen and oxygen atoms in total. The van der Waals surface area contributed by atoms with Crippen LogP contribution in [0.25, 0.3) is 0 Å². The van der Waals surface area contributed by atoms with E-state index in [0.29, 0.717) is 5.92 Å². The Labute approximate surface area is 93.3 Å². The lowest BCUT2D eigenvalue weighted by atomic mass is 10.0. The summed E-state index contributed by atoms with van der Waals surface area (Å²) in [5.41, 5.74) is 2.55. The smallest absolute Gasteiger partial charge is 0.0440 e. The Morgan fingerprint density at radius 3 is 2.14 bits per heavy atom. The van der Waals surface area contributed by atoms with E-state index in [4.69, 9.17) is 11.6 Å². The van der Waals surface area contributed by atoms with E-state index in [9.17, 15) is 0 Å². The summed E-state index contributed by atoms with van der Waals surface area (Å²) >= 11 is 6.07. The molecule has 0 fully saturated rings. The average Bonchev–Trinajstić information content (AvgIpc) is 2.20. The molecule has 0 saturated carbocycles. The number of hydrogen-bond acceptors (Lipinski definition) is 0. The zero-order chi connectivity index (χ0) is 11.1. The largest absolute Gasteiger partial charge is 0.0840 e. The number of hydrogen-bond donors (Lipinski definition) is 0. The van der Waals surface area contributed by atoms with E-state index < -0.39 is 0 Å². The van der Waals surface area contributed by atoms with E-state index in [-0.39, 0.29) is 0 Å². The number of rotatable bonds is 2. The molecule has 0 bridgehead atoms. The van der Waals surface area contributed by atoms with Crippen molar-refractivity contribution in [2.75, 3.05) is 0 Å². The van der Waals surface area contributed by atoms with Gasteiger partial charge >= 0.3 is 0 Å². The van der Waals surface area contributed by atoms with E-state index in [0.717, 1.165) is 11.4 Å². The molecule has 0 aliphatic rings. The van der Waals surface area contributed by atoms with Crippen LogP contribution in [0.4, 0.5) is 0 Å². The molecule has 0 radical (unpaired) electrons. The molecule has 80 valence electrons.